The number of nitrogens with zero attached hydrogens (tertiary/aromatic N) is 4. The highest BCUT2D eigenvalue weighted by atomic mass is 16.5. The van der Waals surface area contributed by atoms with Crippen LogP contribution in [0.2, 0.25) is 0 Å². The van der Waals surface area contributed by atoms with Crippen LogP contribution >= 0.6 is 0 Å². The number of rotatable bonds is 10. The van der Waals surface area contributed by atoms with Crippen LogP contribution in [0.5, 0.6) is 0 Å². The molecule has 9 nitrogen and oxygen atoms in total. The van der Waals surface area contributed by atoms with Crippen molar-refractivity contribution in [2.24, 2.45) is 4.99 Å². The van der Waals surface area contributed by atoms with Crippen molar-refractivity contribution >= 4 is 11.9 Å². The van der Waals surface area contributed by atoms with Crippen LogP contribution in [0, 0.1) is 0 Å². The summed E-state index contributed by atoms with van der Waals surface area (Å²) in [6.45, 7) is 8.17. The lowest BCUT2D eigenvalue weighted by atomic mass is 10.1. The van der Waals surface area contributed by atoms with Gasteiger partial charge in [-0.15, -0.1) is 10.2 Å². The van der Waals surface area contributed by atoms with Crippen molar-refractivity contribution in [3.05, 3.63) is 47.5 Å². The number of aromatic nitrogens is 3. The molecule has 9 heteroatoms. The monoisotopic (exact) mass is 427 g/mol. The molecule has 0 spiro atoms. The van der Waals surface area contributed by atoms with Crippen LogP contribution < -0.4 is 16.0 Å². The number of carbonyl (C=O) groups is 1. The Morgan fingerprint density at radius 2 is 2.19 bits per heavy atom. The lowest BCUT2D eigenvalue weighted by Crippen LogP contribution is -2.39. The van der Waals surface area contributed by atoms with Crippen molar-refractivity contribution in [3.8, 4) is 0 Å². The summed E-state index contributed by atoms with van der Waals surface area (Å²) in [6, 6.07) is 7.59. The van der Waals surface area contributed by atoms with Gasteiger partial charge in [0.2, 0.25) is 0 Å². The highest BCUT2D eigenvalue weighted by Gasteiger charge is 2.16. The van der Waals surface area contributed by atoms with E-state index in [-0.39, 0.29) is 12.0 Å². The summed E-state index contributed by atoms with van der Waals surface area (Å²) in [5.74, 6) is 1.63. The van der Waals surface area contributed by atoms with Crippen LogP contribution in [0.3, 0.4) is 0 Å². The molecule has 1 fully saturated rings. The predicted molar refractivity (Wildman–Crippen MR) is 120 cm³/mol. The summed E-state index contributed by atoms with van der Waals surface area (Å²) in [4.78, 5) is 17.1. The number of hydrogen-bond acceptors (Lipinski definition) is 5. The molecule has 3 rings (SSSR count). The molecule has 168 valence electrons. The standard InChI is InChI=1S/C22H33N7O2/c1-3-20-28-27-16-29(20)11-10-24-22(23-4-2)26-14-17-7-5-8-18(13-17)21(30)25-15-19-9-6-12-31-19/h5,7-8,13,16,19H,3-4,6,9-12,14-15H2,1-2H3,(H,25,30)(H2,23,24,26). The molecule has 2 aromatic rings. The van der Waals surface area contributed by atoms with Crippen LogP contribution in [-0.2, 0) is 24.2 Å². The minimum atomic E-state index is -0.0768. The maximum absolute atomic E-state index is 12.5. The van der Waals surface area contributed by atoms with Crippen molar-refractivity contribution in [1.29, 1.82) is 0 Å². The zero-order chi connectivity index (χ0) is 21.9. The van der Waals surface area contributed by atoms with Crippen LogP contribution in [-0.4, -0.2) is 59.0 Å². The Bertz CT molecular complexity index is 859. The fourth-order valence-corrected chi connectivity index (χ4v) is 3.47. The molecule has 31 heavy (non-hydrogen) atoms. The first-order valence-electron chi connectivity index (χ1n) is 11.1. The summed E-state index contributed by atoms with van der Waals surface area (Å²) in [7, 11) is 0. The zero-order valence-electron chi connectivity index (χ0n) is 18.4. The second-order valence-electron chi connectivity index (χ2n) is 7.46. The van der Waals surface area contributed by atoms with Crippen LogP contribution in [0.1, 0.15) is 48.4 Å². The number of carbonyl (C=O) groups excluding carboxylic acids is 1. The van der Waals surface area contributed by atoms with Crippen molar-refractivity contribution in [3.63, 3.8) is 0 Å². The number of aryl methyl sites for hydroxylation is 1. The average Bonchev–Trinajstić information content (AvgIpc) is 3.48. The topological polar surface area (TPSA) is 105 Å². The van der Waals surface area contributed by atoms with Crippen molar-refractivity contribution < 1.29 is 9.53 Å². The molecule has 1 aromatic carbocycles. The van der Waals surface area contributed by atoms with Gasteiger partial charge in [0, 0.05) is 44.8 Å². The van der Waals surface area contributed by atoms with Gasteiger partial charge >= 0.3 is 0 Å². The summed E-state index contributed by atoms with van der Waals surface area (Å²) < 4.78 is 7.60. The van der Waals surface area contributed by atoms with Crippen molar-refractivity contribution in [2.45, 2.75) is 52.3 Å². The van der Waals surface area contributed by atoms with E-state index < -0.39 is 0 Å². The van der Waals surface area contributed by atoms with Gasteiger partial charge in [-0.25, -0.2) is 4.99 Å². The molecule has 1 aliphatic heterocycles. The molecule has 1 atom stereocenters. The second kappa shape index (κ2) is 12.0. The SMILES string of the molecule is CCNC(=NCc1cccc(C(=O)NCC2CCCO2)c1)NCCn1cnnc1CC. The maximum atomic E-state index is 12.5. The Labute approximate surface area is 183 Å². The Hall–Kier alpha value is -2.94. The highest BCUT2D eigenvalue weighted by Crippen LogP contribution is 2.11. The van der Waals surface area contributed by atoms with Gasteiger partial charge in [0.05, 0.1) is 12.6 Å². The number of amides is 1. The molecule has 1 saturated heterocycles. The largest absolute Gasteiger partial charge is 0.376 e. The first kappa shape index (κ1) is 22.7. The molecular weight excluding hydrogens is 394 g/mol. The molecule has 3 N–H and O–H groups in total. The zero-order valence-corrected chi connectivity index (χ0v) is 18.4. The van der Waals surface area contributed by atoms with Gasteiger partial charge in [0.25, 0.3) is 5.91 Å². The Morgan fingerprint density at radius 3 is 2.97 bits per heavy atom. The Balaban J connectivity index is 1.52. The molecule has 0 aliphatic carbocycles. The third-order valence-corrected chi connectivity index (χ3v) is 5.12. The quantitative estimate of drug-likeness (QED) is 0.392. The van der Waals surface area contributed by atoms with Crippen LogP contribution in [0.4, 0.5) is 0 Å². The molecule has 1 aliphatic rings. The fourth-order valence-electron chi connectivity index (χ4n) is 3.47. The van der Waals surface area contributed by atoms with Gasteiger partial charge in [0.15, 0.2) is 5.96 Å². The van der Waals surface area contributed by atoms with Crippen LogP contribution in [0.25, 0.3) is 0 Å². The number of guanidine groups is 1. The summed E-state index contributed by atoms with van der Waals surface area (Å²) >= 11 is 0. The molecule has 0 radical (unpaired) electrons. The fraction of sp³-hybridized carbons (Fsp3) is 0.545. The lowest BCUT2D eigenvalue weighted by Gasteiger charge is -2.13. The number of ether oxygens (including phenoxy) is 1. The average molecular weight is 428 g/mol. The van der Waals surface area contributed by atoms with Gasteiger partial charge in [-0.2, -0.15) is 0 Å². The third kappa shape index (κ3) is 7.06. The highest BCUT2D eigenvalue weighted by molar-refractivity contribution is 5.94. The summed E-state index contributed by atoms with van der Waals surface area (Å²) in [6.07, 6.45) is 4.81. The minimum absolute atomic E-state index is 0.0768. The first-order chi connectivity index (χ1) is 15.2. The molecule has 0 bridgehead atoms. The number of benzene rings is 1. The Kier molecular flexibility index (Phi) is 8.84. The van der Waals surface area contributed by atoms with E-state index in [0.717, 1.165) is 56.3 Å². The molecule has 1 aromatic heterocycles. The van der Waals surface area contributed by atoms with Gasteiger partial charge in [-0.3, -0.25) is 4.79 Å². The van der Waals surface area contributed by atoms with E-state index in [1.54, 1.807) is 6.33 Å². The van der Waals surface area contributed by atoms with E-state index in [1.165, 1.54) is 0 Å². The molecular formula is C22H33N7O2. The number of aliphatic imine (C=N–C) groups is 1. The van der Waals surface area contributed by atoms with E-state index in [1.807, 2.05) is 35.8 Å². The van der Waals surface area contributed by atoms with Gasteiger partial charge in [-0.05, 0) is 37.5 Å². The second-order valence-corrected chi connectivity index (χ2v) is 7.46. The minimum Gasteiger partial charge on any atom is -0.376 e. The Morgan fingerprint density at radius 1 is 1.29 bits per heavy atom. The normalized spacial score (nSPS) is 16.3. The van der Waals surface area contributed by atoms with Gasteiger partial charge < -0.3 is 25.3 Å². The molecule has 2 heterocycles. The predicted octanol–water partition coefficient (Wildman–Crippen LogP) is 1.50. The van der Waals surface area contributed by atoms with Gasteiger partial charge in [-0.1, -0.05) is 19.1 Å². The number of nitrogens with one attached hydrogen (secondary N) is 3. The van der Waals surface area contributed by atoms with E-state index in [4.69, 9.17) is 4.74 Å². The smallest absolute Gasteiger partial charge is 0.251 e. The van der Waals surface area contributed by atoms with Crippen LogP contribution in [0.15, 0.2) is 35.6 Å². The molecule has 1 unspecified atom stereocenters. The van der Waals surface area contributed by atoms with E-state index in [2.05, 4.69) is 38.1 Å². The van der Waals surface area contributed by atoms with E-state index in [9.17, 15) is 4.79 Å². The first-order valence-corrected chi connectivity index (χ1v) is 11.1. The maximum Gasteiger partial charge on any atom is 0.251 e. The summed E-state index contributed by atoms with van der Waals surface area (Å²) in [5, 5.41) is 17.6. The lowest BCUT2D eigenvalue weighted by molar-refractivity contribution is 0.0857. The van der Waals surface area contributed by atoms with Gasteiger partial charge in [0.1, 0.15) is 12.2 Å². The molecule has 0 saturated carbocycles. The third-order valence-electron chi connectivity index (χ3n) is 5.12. The van der Waals surface area contributed by atoms with Crippen molar-refractivity contribution in [1.82, 2.24) is 30.7 Å². The van der Waals surface area contributed by atoms with E-state index >= 15 is 0 Å². The molecule has 1 amide bonds. The van der Waals surface area contributed by atoms with Crippen molar-refractivity contribution in [2.75, 3.05) is 26.2 Å². The number of hydrogen-bond donors (Lipinski definition) is 3. The summed E-state index contributed by atoms with van der Waals surface area (Å²) in [5.41, 5.74) is 1.62. The van der Waals surface area contributed by atoms with E-state index in [0.29, 0.717) is 25.2 Å².